The number of hydrogen-bond donors (Lipinski definition) is 1. The van der Waals surface area contributed by atoms with E-state index in [1.165, 1.54) is 5.56 Å². The van der Waals surface area contributed by atoms with Crippen LogP contribution < -0.4 is 5.46 Å². The fourth-order valence-electron chi connectivity index (χ4n) is 1.61. The van der Waals surface area contributed by atoms with E-state index in [-0.39, 0.29) is 0 Å². The molecule has 0 aliphatic carbocycles. The summed E-state index contributed by atoms with van der Waals surface area (Å²) < 4.78 is 5.11. The van der Waals surface area contributed by atoms with Crippen molar-refractivity contribution in [3.05, 3.63) is 29.3 Å². The van der Waals surface area contributed by atoms with Gasteiger partial charge in [0.1, 0.15) is 0 Å². The van der Waals surface area contributed by atoms with Gasteiger partial charge in [0, 0.05) is 0 Å². The molecule has 0 saturated heterocycles. The lowest BCUT2D eigenvalue weighted by Gasteiger charge is -2.06. The summed E-state index contributed by atoms with van der Waals surface area (Å²) in [7, 11) is -0.712. The van der Waals surface area contributed by atoms with Gasteiger partial charge in [-0.3, -0.25) is 0 Å². The van der Waals surface area contributed by atoms with Gasteiger partial charge in [-0.1, -0.05) is 32.0 Å². The molecule has 1 N–H and O–H groups in total. The predicted octanol–water partition coefficient (Wildman–Crippen LogP) is 1.03. The van der Waals surface area contributed by atoms with Crippen LogP contribution in [0.3, 0.4) is 0 Å². The van der Waals surface area contributed by atoms with E-state index in [4.69, 9.17) is 4.65 Å². The van der Waals surface area contributed by atoms with E-state index in [1.54, 1.807) is 0 Å². The van der Waals surface area contributed by atoms with Crippen LogP contribution in [0, 0.1) is 0 Å². The van der Waals surface area contributed by atoms with E-state index in [1.807, 2.05) is 6.07 Å². The average Bonchev–Trinajstić information content (AvgIpc) is 2.47. The third-order valence-corrected chi connectivity index (χ3v) is 2.50. The quantitative estimate of drug-likeness (QED) is 0.647. The predicted molar refractivity (Wildman–Crippen MR) is 52.9 cm³/mol. The SMILES string of the molecule is CC(C)c1ccc2c(c1)COB2O. The Morgan fingerprint density at radius 3 is 2.92 bits per heavy atom. The molecule has 0 bridgehead atoms. The van der Waals surface area contributed by atoms with Crippen LogP contribution in [0.25, 0.3) is 0 Å². The highest BCUT2D eigenvalue weighted by molar-refractivity contribution is 6.61. The normalized spacial score (nSPS) is 15.2. The van der Waals surface area contributed by atoms with Crippen molar-refractivity contribution in [3.8, 4) is 0 Å². The van der Waals surface area contributed by atoms with Crippen molar-refractivity contribution in [2.75, 3.05) is 0 Å². The second-order valence-corrected chi connectivity index (χ2v) is 3.78. The summed E-state index contributed by atoms with van der Waals surface area (Å²) in [5.41, 5.74) is 3.35. The van der Waals surface area contributed by atoms with Crippen molar-refractivity contribution >= 4 is 12.6 Å². The van der Waals surface area contributed by atoms with Crippen molar-refractivity contribution in [1.29, 1.82) is 0 Å². The van der Waals surface area contributed by atoms with Crippen molar-refractivity contribution in [2.24, 2.45) is 0 Å². The van der Waals surface area contributed by atoms with Gasteiger partial charge in [0.15, 0.2) is 0 Å². The molecule has 0 unspecified atom stereocenters. The molecule has 1 aliphatic rings. The zero-order valence-corrected chi connectivity index (χ0v) is 7.95. The van der Waals surface area contributed by atoms with Gasteiger partial charge >= 0.3 is 7.12 Å². The molecule has 0 aromatic heterocycles. The van der Waals surface area contributed by atoms with Crippen LogP contribution in [-0.2, 0) is 11.3 Å². The van der Waals surface area contributed by atoms with Gasteiger partial charge in [0.2, 0.25) is 0 Å². The van der Waals surface area contributed by atoms with Crippen LogP contribution in [0.2, 0.25) is 0 Å². The van der Waals surface area contributed by atoms with E-state index in [0.29, 0.717) is 12.5 Å². The van der Waals surface area contributed by atoms with Gasteiger partial charge in [-0.15, -0.1) is 0 Å². The van der Waals surface area contributed by atoms with Gasteiger partial charge in [0.05, 0.1) is 6.61 Å². The lowest BCUT2D eigenvalue weighted by molar-refractivity contribution is 0.275. The summed E-state index contributed by atoms with van der Waals surface area (Å²) in [4.78, 5) is 0. The Balaban J connectivity index is 2.40. The molecular weight excluding hydrogens is 163 g/mol. The summed E-state index contributed by atoms with van der Waals surface area (Å²) >= 11 is 0. The standard InChI is InChI=1S/C10H13BO2/c1-7(2)8-3-4-10-9(5-8)6-13-11(10)12/h3-5,7,12H,6H2,1-2H3. The maximum absolute atomic E-state index is 9.39. The lowest BCUT2D eigenvalue weighted by atomic mass is 9.78. The fraction of sp³-hybridized carbons (Fsp3) is 0.400. The highest BCUT2D eigenvalue weighted by atomic mass is 16.5. The second-order valence-electron chi connectivity index (χ2n) is 3.78. The Hall–Kier alpha value is -0.795. The highest BCUT2D eigenvalue weighted by Crippen LogP contribution is 2.18. The summed E-state index contributed by atoms with van der Waals surface area (Å²) in [6, 6.07) is 6.14. The number of fused-ring (bicyclic) bond motifs is 1. The van der Waals surface area contributed by atoms with Gasteiger partial charge in [-0.05, 0) is 22.5 Å². The first-order valence-electron chi connectivity index (χ1n) is 4.61. The van der Waals surface area contributed by atoms with Crippen LogP contribution >= 0.6 is 0 Å². The maximum atomic E-state index is 9.39. The molecule has 0 atom stereocenters. The first kappa shape index (κ1) is 8.79. The largest absolute Gasteiger partial charge is 0.491 e. The van der Waals surface area contributed by atoms with Crippen molar-refractivity contribution in [2.45, 2.75) is 26.4 Å². The van der Waals surface area contributed by atoms with Crippen molar-refractivity contribution in [3.63, 3.8) is 0 Å². The van der Waals surface area contributed by atoms with E-state index in [2.05, 4.69) is 26.0 Å². The molecule has 1 heterocycles. The molecule has 0 saturated carbocycles. The van der Waals surface area contributed by atoms with Gasteiger partial charge in [-0.25, -0.2) is 0 Å². The van der Waals surface area contributed by atoms with E-state index >= 15 is 0 Å². The molecule has 0 spiro atoms. The minimum Gasteiger partial charge on any atom is -0.423 e. The minimum atomic E-state index is -0.712. The van der Waals surface area contributed by atoms with Crippen LogP contribution in [-0.4, -0.2) is 12.1 Å². The van der Waals surface area contributed by atoms with Crippen molar-refractivity contribution < 1.29 is 9.68 Å². The molecule has 1 aliphatic heterocycles. The third-order valence-electron chi connectivity index (χ3n) is 2.50. The molecule has 2 rings (SSSR count). The van der Waals surface area contributed by atoms with E-state index in [0.717, 1.165) is 11.0 Å². The van der Waals surface area contributed by atoms with Crippen LogP contribution in [0.4, 0.5) is 0 Å². The van der Waals surface area contributed by atoms with Crippen LogP contribution in [0.1, 0.15) is 30.9 Å². The smallest absolute Gasteiger partial charge is 0.423 e. The monoisotopic (exact) mass is 176 g/mol. The van der Waals surface area contributed by atoms with Crippen LogP contribution in [0.5, 0.6) is 0 Å². The summed E-state index contributed by atoms with van der Waals surface area (Å²) in [5, 5.41) is 9.39. The summed E-state index contributed by atoms with van der Waals surface area (Å²) in [6.07, 6.45) is 0. The van der Waals surface area contributed by atoms with E-state index in [9.17, 15) is 5.02 Å². The van der Waals surface area contributed by atoms with Gasteiger partial charge < -0.3 is 9.68 Å². The second kappa shape index (κ2) is 3.16. The summed E-state index contributed by atoms with van der Waals surface area (Å²) in [6.45, 7) is 4.86. The topological polar surface area (TPSA) is 29.5 Å². The Morgan fingerprint density at radius 1 is 1.46 bits per heavy atom. The fourth-order valence-corrected chi connectivity index (χ4v) is 1.61. The molecule has 1 aromatic rings. The van der Waals surface area contributed by atoms with Crippen molar-refractivity contribution in [1.82, 2.24) is 0 Å². The Bertz CT molecular complexity index is 323. The molecular formula is C10H13BO2. The Kier molecular flexibility index (Phi) is 2.14. The van der Waals surface area contributed by atoms with E-state index < -0.39 is 7.12 Å². The molecule has 3 heteroatoms. The average molecular weight is 176 g/mol. The molecule has 68 valence electrons. The Morgan fingerprint density at radius 2 is 2.23 bits per heavy atom. The number of rotatable bonds is 1. The molecule has 0 amide bonds. The highest BCUT2D eigenvalue weighted by Gasteiger charge is 2.26. The molecule has 0 fully saturated rings. The third kappa shape index (κ3) is 1.49. The zero-order chi connectivity index (χ0) is 9.42. The Labute approximate surface area is 78.7 Å². The minimum absolute atomic E-state index is 0.531. The lowest BCUT2D eigenvalue weighted by Crippen LogP contribution is -2.27. The van der Waals surface area contributed by atoms with Gasteiger partial charge in [-0.2, -0.15) is 0 Å². The zero-order valence-electron chi connectivity index (χ0n) is 7.95. The number of hydrogen-bond acceptors (Lipinski definition) is 2. The molecule has 2 nitrogen and oxygen atoms in total. The molecule has 1 aromatic carbocycles. The van der Waals surface area contributed by atoms with Gasteiger partial charge in [0.25, 0.3) is 0 Å². The summed E-state index contributed by atoms with van der Waals surface area (Å²) in [5.74, 6) is 0.531. The first-order valence-corrected chi connectivity index (χ1v) is 4.61. The number of benzene rings is 1. The van der Waals surface area contributed by atoms with Crippen LogP contribution in [0.15, 0.2) is 18.2 Å². The maximum Gasteiger partial charge on any atom is 0.491 e. The first-order chi connectivity index (χ1) is 6.18. The molecule has 0 radical (unpaired) electrons. The molecule has 13 heavy (non-hydrogen) atoms.